The first kappa shape index (κ1) is 11.5. The van der Waals surface area contributed by atoms with Crippen molar-refractivity contribution < 1.29 is 13.3 Å². The van der Waals surface area contributed by atoms with Gasteiger partial charge in [0.2, 0.25) is 0 Å². The van der Waals surface area contributed by atoms with Crippen molar-refractivity contribution in [2.45, 2.75) is 0 Å². The molecule has 0 radical (unpaired) electrons. The van der Waals surface area contributed by atoms with E-state index in [9.17, 15) is 8.78 Å². The van der Waals surface area contributed by atoms with Crippen LogP contribution in [-0.2, 0) is 0 Å². The molecule has 5 heteroatoms. The maximum absolute atomic E-state index is 13.1. The Labute approximate surface area is 107 Å². The number of hydrogen-bond acceptors (Lipinski definition) is 3. The average molecular weight is 258 g/mol. The van der Waals surface area contributed by atoms with Crippen molar-refractivity contribution in [3.8, 4) is 22.6 Å². The van der Waals surface area contributed by atoms with Crippen molar-refractivity contribution in [2.75, 3.05) is 0 Å². The highest BCUT2D eigenvalue weighted by molar-refractivity contribution is 5.66. The Bertz CT molecular complexity index is 707. The second-order valence-corrected chi connectivity index (χ2v) is 3.98. The Kier molecular flexibility index (Phi) is 2.79. The number of nitrogens with zero attached hydrogens (tertiary/aromatic N) is 2. The van der Waals surface area contributed by atoms with Gasteiger partial charge in [-0.15, -0.1) is 0 Å². The van der Waals surface area contributed by atoms with Crippen molar-refractivity contribution >= 4 is 0 Å². The third kappa shape index (κ3) is 2.35. The van der Waals surface area contributed by atoms with Crippen molar-refractivity contribution in [3.63, 3.8) is 0 Å². The molecule has 0 saturated heterocycles. The SMILES string of the molecule is Fc1ccc(-c2cc(-c3cncc(F)c3)no2)cc1. The van der Waals surface area contributed by atoms with Gasteiger partial charge in [0, 0.05) is 23.4 Å². The van der Waals surface area contributed by atoms with E-state index in [1.807, 2.05) is 0 Å². The maximum Gasteiger partial charge on any atom is 0.167 e. The normalized spacial score (nSPS) is 10.6. The fourth-order valence-corrected chi connectivity index (χ4v) is 1.71. The Morgan fingerprint density at radius 1 is 0.842 bits per heavy atom. The van der Waals surface area contributed by atoms with E-state index in [4.69, 9.17) is 4.52 Å². The highest BCUT2D eigenvalue weighted by atomic mass is 19.1. The van der Waals surface area contributed by atoms with Crippen LogP contribution >= 0.6 is 0 Å². The van der Waals surface area contributed by atoms with Crippen LogP contribution < -0.4 is 0 Å². The predicted octanol–water partition coefficient (Wildman–Crippen LogP) is 3.68. The molecule has 0 unspecified atom stereocenters. The van der Waals surface area contributed by atoms with E-state index in [0.717, 1.165) is 6.20 Å². The predicted molar refractivity (Wildman–Crippen MR) is 65.1 cm³/mol. The first-order chi connectivity index (χ1) is 9.22. The van der Waals surface area contributed by atoms with E-state index in [1.165, 1.54) is 24.4 Å². The summed E-state index contributed by atoms with van der Waals surface area (Å²) in [5.41, 5.74) is 1.70. The van der Waals surface area contributed by atoms with Crippen LogP contribution in [0.25, 0.3) is 22.6 Å². The number of hydrogen-bond donors (Lipinski definition) is 0. The lowest BCUT2D eigenvalue weighted by Gasteiger charge is -1.94. The molecular formula is C14H8F2N2O. The molecule has 0 aliphatic carbocycles. The molecule has 94 valence electrons. The van der Waals surface area contributed by atoms with E-state index in [-0.39, 0.29) is 5.82 Å². The minimum Gasteiger partial charge on any atom is -0.356 e. The highest BCUT2D eigenvalue weighted by Crippen LogP contribution is 2.25. The highest BCUT2D eigenvalue weighted by Gasteiger charge is 2.09. The zero-order valence-corrected chi connectivity index (χ0v) is 9.68. The summed E-state index contributed by atoms with van der Waals surface area (Å²) in [5.74, 6) is -0.277. The van der Waals surface area contributed by atoms with Gasteiger partial charge in [-0.05, 0) is 30.3 Å². The van der Waals surface area contributed by atoms with Crippen LogP contribution in [0.15, 0.2) is 53.3 Å². The standard InChI is InChI=1S/C14H8F2N2O/c15-11-3-1-9(2-4-11)14-6-13(18-19-14)10-5-12(16)8-17-7-10/h1-8H. The summed E-state index contributed by atoms with van der Waals surface area (Å²) in [5, 5.41) is 3.85. The molecule has 3 nitrogen and oxygen atoms in total. The average Bonchev–Trinajstić information content (AvgIpc) is 2.89. The molecule has 0 aliphatic heterocycles. The molecule has 0 fully saturated rings. The Balaban J connectivity index is 1.97. The third-order valence-electron chi connectivity index (χ3n) is 2.64. The van der Waals surface area contributed by atoms with Crippen LogP contribution in [-0.4, -0.2) is 10.1 Å². The summed E-state index contributed by atoms with van der Waals surface area (Å²) in [6.07, 6.45) is 2.61. The molecule has 0 bridgehead atoms. The van der Waals surface area contributed by atoms with Crippen molar-refractivity contribution in [1.82, 2.24) is 10.1 Å². The topological polar surface area (TPSA) is 38.9 Å². The van der Waals surface area contributed by atoms with Crippen LogP contribution in [0.4, 0.5) is 8.78 Å². The molecule has 1 aromatic carbocycles. The monoisotopic (exact) mass is 258 g/mol. The van der Waals surface area contributed by atoms with E-state index >= 15 is 0 Å². The summed E-state index contributed by atoms with van der Waals surface area (Å²) in [4.78, 5) is 3.75. The molecule has 0 amide bonds. The van der Waals surface area contributed by atoms with Gasteiger partial charge in [-0.2, -0.15) is 0 Å². The van der Waals surface area contributed by atoms with Crippen LogP contribution in [0.5, 0.6) is 0 Å². The molecule has 3 rings (SSSR count). The van der Waals surface area contributed by atoms with Crippen molar-refractivity contribution in [3.05, 3.63) is 60.4 Å². The van der Waals surface area contributed by atoms with Gasteiger partial charge in [0.1, 0.15) is 17.3 Å². The fraction of sp³-hybridized carbons (Fsp3) is 0. The molecule has 3 aromatic rings. The molecular weight excluding hydrogens is 250 g/mol. The van der Waals surface area contributed by atoms with Gasteiger partial charge in [0.15, 0.2) is 5.76 Å². The second-order valence-electron chi connectivity index (χ2n) is 3.98. The maximum atomic E-state index is 13.1. The van der Waals surface area contributed by atoms with Crippen LogP contribution in [0.1, 0.15) is 0 Å². The zero-order chi connectivity index (χ0) is 13.2. The Morgan fingerprint density at radius 3 is 2.37 bits per heavy atom. The van der Waals surface area contributed by atoms with Crippen LogP contribution in [0.3, 0.4) is 0 Å². The molecule has 19 heavy (non-hydrogen) atoms. The Hall–Kier alpha value is -2.56. The van der Waals surface area contributed by atoms with Gasteiger partial charge in [0.05, 0.1) is 6.20 Å². The van der Waals surface area contributed by atoms with Gasteiger partial charge in [-0.25, -0.2) is 8.78 Å². The largest absolute Gasteiger partial charge is 0.356 e. The first-order valence-corrected chi connectivity index (χ1v) is 5.56. The van der Waals surface area contributed by atoms with Crippen LogP contribution in [0.2, 0.25) is 0 Å². The van der Waals surface area contributed by atoms with Gasteiger partial charge < -0.3 is 4.52 Å². The molecule has 0 aliphatic rings. The lowest BCUT2D eigenvalue weighted by molar-refractivity contribution is 0.435. The number of aromatic nitrogens is 2. The first-order valence-electron chi connectivity index (χ1n) is 5.56. The number of pyridine rings is 1. The summed E-state index contributed by atoms with van der Waals surface area (Å²) < 4.78 is 31.0. The van der Waals surface area contributed by atoms with E-state index < -0.39 is 5.82 Å². The minimum absolute atomic E-state index is 0.321. The quantitative estimate of drug-likeness (QED) is 0.703. The molecule has 0 spiro atoms. The summed E-state index contributed by atoms with van der Waals surface area (Å²) in [6.45, 7) is 0. The zero-order valence-electron chi connectivity index (χ0n) is 9.68. The van der Waals surface area contributed by atoms with E-state index in [2.05, 4.69) is 10.1 Å². The third-order valence-corrected chi connectivity index (χ3v) is 2.64. The summed E-state index contributed by atoms with van der Waals surface area (Å²) >= 11 is 0. The lowest BCUT2D eigenvalue weighted by atomic mass is 10.1. The van der Waals surface area contributed by atoms with Crippen LogP contribution in [0, 0.1) is 11.6 Å². The number of benzene rings is 1. The van der Waals surface area contributed by atoms with E-state index in [1.54, 1.807) is 18.2 Å². The van der Waals surface area contributed by atoms with Crippen molar-refractivity contribution in [1.29, 1.82) is 0 Å². The van der Waals surface area contributed by atoms with Gasteiger partial charge in [0.25, 0.3) is 0 Å². The summed E-state index contributed by atoms with van der Waals surface area (Å²) in [7, 11) is 0. The molecule has 2 aromatic heterocycles. The number of rotatable bonds is 2. The van der Waals surface area contributed by atoms with Gasteiger partial charge in [-0.1, -0.05) is 5.16 Å². The molecule has 0 N–H and O–H groups in total. The van der Waals surface area contributed by atoms with E-state index in [0.29, 0.717) is 22.6 Å². The second kappa shape index (κ2) is 4.61. The molecule has 0 saturated carbocycles. The van der Waals surface area contributed by atoms with Crippen molar-refractivity contribution in [2.24, 2.45) is 0 Å². The van der Waals surface area contributed by atoms with Gasteiger partial charge in [-0.3, -0.25) is 4.98 Å². The number of halogens is 2. The minimum atomic E-state index is -0.441. The Morgan fingerprint density at radius 2 is 1.63 bits per heavy atom. The fourth-order valence-electron chi connectivity index (χ4n) is 1.71. The lowest BCUT2D eigenvalue weighted by Crippen LogP contribution is -1.82. The summed E-state index contributed by atoms with van der Waals surface area (Å²) in [6, 6.07) is 8.82. The molecule has 0 atom stereocenters. The smallest absolute Gasteiger partial charge is 0.167 e. The molecule has 2 heterocycles. The van der Waals surface area contributed by atoms with Gasteiger partial charge >= 0.3 is 0 Å².